The summed E-state index contributed by atoms with van der Waals surface area (Å²) in [6, 6.07) is 12.3. The first-order chi connectivity index (χ1) is 18.2. The van der Waals surface area contributed by atoms with Gasteiger partial charge in [-0.3, -0.25) is 29.3 Å². The number of allylic oxidation sites excluding steroid dienone is 2. The number of hydrogen-bond donors (Lipinski definition) is 0. The topological polar surface area (TPSA) is 118 Å². The molecule has 202 valence electrons. The number of hydrazine groups is 1. The van der Waals surface area contributed by atoms with Gasteiger partial charge in [0.15, 0.2) is 10.1 Å². The number of Topliss-reactive ketones (excluding diaryl/α,β-unsaturated/α-hetero) is 1. The molecule has 15 heteroatoms. The highest BCUT2D eigenvalue weighted by atomic mass is 35.5. The minimum atomic E-state index is -2.20. The molecular formula is C24H13Cl6N3O6. The van der Waals surface area contributed by atoms with Gasteiger partial charge in [0.1, 0.15) is 16.3 Å². The number of imide groups is 1. The molecule has 0 spiro atoms. The van der Waals surface area contributed by atoms with Gasteiger partial charge in [0.25, 0.3) is 23.4 Å². The van der Waals surface area contributed by atoms with E-state index in [-0.39, 0.29) is 21.2 Å². The fourth-order valence-corrected chi connectivity index (χ4v) is 8.13. The van der Waals surface area contributed by atoms with Crippen molar-refractivity contribution in [2.24, 2.45) is 11.8 Å². The summed E-state index contributed by atoms with van der Waals surface area (Å²) in [5, 5.41) is 11.7. The third-order valence-corrected chi connectivity index (χ3v) is 11.3. The van der Waals surface area contributed by atoms with Crippen LogP contribution >= 0.6 is 69.6 Å². The van der Waals surface area contributed by atoms with Gasteiger partial charge in [0, 0.05) is 23.3 Å². The normalized spacial score (nSPS) is 28.6. The number of ketones is 1. The van der Waals surface area contributed by atoms with Crippen LogP contribution in [-0.2, 0) is 9.59 Å². The van der Waals surface area contributed by atoms with Crippen molar-refractivity contribution in [1.82, 2.24) is 10.0 Å². The summed E-state index contributed by atoms with van der Waals surface area (Å²) in [6.45, 7) is -0.797. The molecule has 1 aliphatic heterocycles. The first kappa shape index (κ1) is 28.1. The van der Waals surface area contributed by atoms with Crippen LogP contribution in [0.5, 0.6) is 0 Å². The summed E-state index contributed by atoms with van der Waals surface area (Å²) >= 11 is 39.2. The predicted octanol–water partition coefficient (Wildman–Crippen LogP) is 5.28. The van der Waals surface area contributed by atoms with Gasteiger partial charge in [-0.05, 0) is 6.07 Å². The number of non-ortho nitro benzene ring substituents is 1. The lowest BCUT2D eigenvalue weighted by Crippen LogP contribution is -2.56. The molecule has 0 radical (unpaired) electrons. The van der Waals surface area contributed by atoms with E-state index in [0.29, 0.717) is 10.0 Å². The van der Waals surface area contributed by atoms with Gasteiger partial charge in [0.05, 0.1) is 26.8 Å². The van der Waals surface area contributed by atoms with Crippen molar-refractivity contribution in [2.75, 3.05) is 6.54 Å². The van der Waals surface area contributed by atoms with E-state index in [1.165, 1.54) is 24.3 Å². The Morgan fingerprint density at radius 2 is 1.38 bits per heavy atom. The number of halogens is 6. The molecule has 0 N–H and O–H groups in total. The molecule has 2 fully saturated rings. The largest absolute Gasteiger partial charge is 0.292 e. The number of rotatable bonds is 6. The Morgan fingerprint density at radius 1 is 0.872 bits per heavy atom. The number of amides is 3. The molecule has 1 saturated heterocycles. The van der Waals surface area contributed by atoms with E-state index in [4.69, 9.17) is 69.6 Å². The number of benzene rings is 2. The molecule has 4 atom stereocenters. The lowest BCUT2D eigenvalue weighted by molar-refractivity contribution is -0.384. The summed E-state index contributed by atoms with van der Waals surface area (Å²) in [4.78, 5) is 60.9. The Morgan fingerprint density at radius 3 is 1.90 bits per heavy atom. The molecule has 3 amide bonds. The van der Waals surface area contributed by atoms with E-state index in [1.54, 1.807) is 18.2 Å². The van der Waals surface area contributed by atoms with Gasteiger partial charge in [-0.15, -0.1) is 23.2 Å². The van der Waals surface area contributed by atoms with Crippen LogP contribution < -0.4 is 0 Å². The summed E-state index contributed by atoms with van der Waals surface area (Å²) in [6.07, 6.45) is 0. The average molecular weight is 652 g/mol. The molecule has 2 aliphatic carbocycles. The van der Waals surface area contributed by atoms with Crippen LogP contribution in [0.15, 0.2) is 64.7 Å². The molecule has 9 nitrogen and oxygen atoms in total. The highest BCUT2D eigenvalue weighted by molar-refractivity contribution is 6.66. The van der Waals surface area contributed by atoms with E-state index in [1.807, 2.05) is 0 Å². The van der Waals surface area contributed by atoms with E-state index in [0.717, 1.165) is 12.1 Å². The predicted molar refractivity (Wildman–Crippen MR) is 144 cm³/mol. The van der Waals surface area contributed by atoms with Crippen LogP contribution in [0.3, 0.4) is 0 Å². The molecule has 0 aromatic heterocycles. The maximum Gasteiger partial charge on any atom is 0.273 e. The number of alkyl halides is 4. The molecule has 2 bridgehead atoms. The van der Waals surface area contributed by atoms with Crippen LogP contribution in [-0.4, -0.2) is 59.1 Å². The standard InChI is InChI=1S/C24H13Cl6N3O6/c25-17-18(26)23(28)16-15(22(17,27)24(23,29)30)20(36)32(21(16)37)31(10-14(34)11-5-2-1-3-6-11)19(35)12-7-4-8-13(9-12)33(38)39/h1-9,15-16H,10H2/t15-,16-,22-,23-/m1/s1. The highest BCUT2D eigenvalue weighted by Crippen LogP contribution is 2.77. The van der Waals surface area contributed by atoms with Crippen molar-refractivity contribution < 1.29 is 24.1 Å². The Hall–Kier alpha value is -2.40. The summed E-state index contributed by atoms with van der Waals surface area (Å²) < 4.78 is -2.20. The zero-order valence-electron chi connectivity index (χ0n) is 19.1. The van der Waals surface area contributed by atoms with E-state index in [2.05, 4.69) is 0 Å². The summed E-state index contributed by atoms with van der Waals surface area (Å²) in [5.74, 6) is -6.93. The molecule has 39 heavy (non-hydrogen) atoms. The monoisotopic (exact) mass is 649 g/mol. The average Bonchev–Trinajstić information content (AvgIpc) is 3.30. The van der Waals surface area contributed by atoms with Crippen LogP contribution in [0, 0.1) is 22.0 Å². The van der Waals surface area contributed by atoms with Crippen LogP contribution in [0.2, 0.25) is 0 Å². The van der Waals surface area contributed by atoms with Gasteiger partial charge < -0.3 is 0 Å². The number of carbonyl (C=O) groups excluding carboxylic acids is 4. The van der Waals surface area contributed by atoms with Crippen molar-refractivity contribution in [3.63, 3.8) is 0 Å². The Balaban J connectivity index is 1.61. The molecule has 3 aliphatic rings. The number of hydrogen-bond acceptors (Lipinski definition) is 6. The quantitative estimate of drug-likeness (QED) is 0.138. The van der Waals surface area contributed by atoms with Gasteiger partial charge in [-0.2, -0.15) is 5.01 Å². The van der Waals surface area contributed by atoms with Gasteiger partial charge in [-0.1, -0.05) is 82.8 Å². The SMILES string of the molecule is O=C(CN(C(=O)c1cccc([N+](=O)[O-])c1)N1C(=O)[C@H]2[C@H](C1=O)[C@@]1(Cl)C(Cl)=C(Cl)[C@@]2(Cl)C1(Cl)Cl)c1ccccc1. The van der Waals surface area contributed by atoms with Crippen LogP contribution in [0.25, 0.3) is 0 Å². The van der Waals surface area contributed by atoms with E-state index >= 15 is 0 Å². The van der Waals surface area contributed by atoms with Crippen LogP contribution in [0.4, 0.5) is 5.69 Å². The maximum absolute atomic E-state index is 13.9. The maximum atomic E-state index is 13.9. The van der Waals surface area contributed by atoms with Crippen molar-refractivity contribution in [2.45, 2.75) is 14.1 Å². The lowest BCUT2D eigenvalue weighted by atomic mass is 9.84. The van der Waals surface area contributed by atoms with Crippen molar-refractivity contribution in [1.29, 1.82) is 0 Å². The molecule has 2 aromatic carbocycles. The van der Waals surface area contributed by atoms with Crippen molar-refractivity contribution in [3.05, 3.63) is 85.9 Å². The minimum absolute atomic E-state index is 0.171. The highest BCUT2D eigenvalue weighted by Gasteiger charge is 2.88. The zero-order chi connectivity index (χ0) is 28.7. The van der Waals surface area contributed by atoms with Gasteiger partial charge >= 0.3 is 0 Å². The number of nitro benzene ring substituents is 1. The third kappa shape index (κ3) is 3.60. The molecule has 1 heterocycles. The van der Waals surface area contributed by atoms with Crippen molar-refractivity contribution in [3.8, 4) is 0 Å². The Bertz CT molecular complexity index is 1470. The van der Waals surface area contributed by atoms with E-state index < -0.39 is 66.6 Å². The second kappa shape index (κ2) is 9.33. The summed E-state index contributed by atoms with van der Waals surface area (Å²) in [5.41, 5.74) is -0.532. The molecular weight excluding hydrogens is 639 g/mol. The number of nitro groups is 1. The Kier molecular flexibility index (Phi) is 6.73. The third-order valence-electron chi connectivity index (χ3n) is 7.05. The first-order valence-electron chi connectivity index (χ1n) is 11.0. The minimum Gasteiger partial charge on any atom is -0.292 e. The number of nitrogens with zero attached hydrogens (tertiary/aromatic N) is 3. The zero-order valence-corrected chi connectivity index (χ0v) is 23.7. The fourth-order valence-electron chi connectivity index (χ4n) is 5.20. The second-order valence-corrected chi connectivity index (χ2v) is 12.3. The van der Waals surface area contributed by atoms with Crippen LogP contribution in [0.1, 0.15) is 20.7 Å². The number of carbonyl (C=O) groups is 4. The molecule has 1 saturated carbocycles. The molecule has 2 aromatic rings. The van der Waals surface area contributed by atoms with E-state index in [9.17, 15) is 29.3 Å². The smallest absolute Gasteiger partial charge is 0.273 e. The summed E-state index contributed by atoms with van der Waals surface area (Å²) in [7, 11) is 0. The molecule has 0 unspecified atom stereocenters. The van der Waals surface area contributed by atoms with Gasteiger partial charge in [-0.25, -0.2) is 5.01 Å². The number of fused-ring (bicyclic) bond motifs is 5. The van der Waals surface area contributed by atoms with Crippen molar-refractivity contribution >= 4 is 98.8 Å². The fraction of sp³-hybridized carbons (Fsp3) is 0.250. The molecule has 5 rings (SSSR count). The first-order valence-corrected chi connectivity index (χ1v) is 13.3. The van der Waals surface area contributed by atoms with Gasteiger partial charge in [0.2, 0.25) is 0 Å². The second-order valence-electron chi connectivity index (χ2n) is 9.03. The Labute approximate surface area is 250 Å². The lowest BCUT2D eigenvalue weighted by Gasteiger charge is -2.36.